The van der Waals surface area contributed by atoms with Crippen LogP contribution in [-0.4, -0.2) is 61.7 Å². The Hall–Kier alpha value is -0.120. The Morgan fingerprint density at radius 3 is 2.33 bits per heavy atom. The van der Waals surface area contributed by atoms with Gasteiger partial charge in [-0.15, -0.1) is 0 Å². The van der Waals surface area contributed by atoms with E-state index in [1.165, 1.54) is 32.6 Å². The van der Waals surface area contributed by atoms with Crippen LogP contribution in [0.25, 0.3) is 0 Å². The van der Waals surface area contributed by atoms with Crippen LogP contribution in [0.4, 0.5) is 0 Å². The van der Waals surface area contributed by atoms with Crippen molar-refractivity contribution < 1.29 is 0 Å². The summed E-state index contributed by atoms with van der Waals surface area (Å²) in [7, 11) is 2.22. The van der Waals surface area contributed by atoms with Gasteiger partial charge in [0.05, 0.1) is 0 Å². The van der Waals surface area contributed by atoms with E-state index in [2.05, 4.69) is 42.9 Å². The van der Waals surface area contributed by atoms with Gasteiger partial charge >= 0.3 is 0 Å². The minimum absolute atomic E-state index is 0.309. The highest BCUT2D eigenvalue weighted by Gasteiger charge is 2.16. The minimum atomic E-state index is 0.309. The highest BCUT2D eigenvalue weighted by molar-refractivity contribution is 4.74. The summed E-state index contributed by atoms with van der Waals surface area (Å²) in [5, 5.41) is 3.39. The van der Waals surface area contributed by atoms with Crippen molar-refractivity contribution in [2.75, 3.05) is 46.3 Å². The quantitative estimate of drug-likeness (QED) is 0.752. The summed E-state index contributed by atoms with van der Waals surface area (Å²) in [6.45, 7) is 14.0. The van der Waals surface area contributed by atoms with Crippen molar-refractivity contribution in [1.29, 1.82) is 0 Å². The van der Waals surface area contributed by atoms with Gasteiger partial charge in [-0.1, -0.05) is 0 Å². The molecule has 0 aromatic heterocycles. The van der Waals surface area contributed by atoms with E-state index in [1.54, 1.807) is 0 Å². The van der Waals surface area contributed by atoms with Crippen LogP contribution in [0.2, 0.25) is 0 Å². The number of rotatable bonds is 4. The van der Waals surface area contributed by atoms with Gasteiger partial charge in [-0.25, -0.2) is 0 Å². The Kier molecular flexibility index (Phi) is 5.03. The van der Waals surface area contributed by atoms with Crippen LogP contribution in [0.5, 0.6) is 0 Å². The van der Waals surface area contributed by atoms with Gasteiger partial charge in [0.2, 0.25) is 0 Å². The summed E-state index contributed by atoms with van der Waals surface area (Å²) >= 11 is 0. The number of piperazine rings is 1. The Morgan fingerprint density at radius 1 is 1.20 bits per heavy atom. The smallest absolute Gasteiger partial charge is 0.0122 e. The first-order valence-corrected chi connectivity index (χ1v) is 6.14. The van der Waals surface area contributed by atoms with Gasteiger partial charge in [0, 0.05) is 31.7 Å². The van der Waals surface area contributed by atoms with Crippen molar-refractivity contribution in [2.24, 2.45) is 0 Å². The fraction of sp³-hybridized carbons (Fsp3) is 1.00. The molecule has 3 nitrogen and oxygen atoms in total. The van der Waals surface area contributed by atoms with Crippen LogP contribution in [0, 0.1) is 0 Å². The molecule has 0 aliphatic carbocycles. The lowest BCUT2D eigenvalue weighted by Crippen LogP contribution is -2.45. The standard InChI is InChI=1S/C12H27N3/c1-12(2,3)14(4)8-5-9-15-10-6-13-7-11-15/h13H,5-11H2,1-4H3. The normalized spacial score (nSPS) is 19.8. The van der Waals surface area contributed by atoms with E-state index < -0.39 is 0 Å². The molecule has 3 heteroatoms. The first-order valence-electron chi connectivity index (χ1n) is 6.14. The molecule has 0 aromatic rings. The summed E-state index contributed by atoms with van der Waals surface area (Å²) in [4.78, 5) is 5.00. The van der Waals surface area contributed by atoms with Crippen LogP contribution in [0.3, 0.4) is 0 Å². The number of hydrogen-bond acceptors (Lipinski definition) is 3. The Balaban J connectivity index is 2.10. The van der Waals surface area contributed by atoms with Gasteiger partial charge in [0.1, 0.15) is 0 Å². The molecule has 15 heavy (non-hydrogen) atoms. The van der Waals surface area contributed by atoms with E-state index in [0.29, 0.717) is 5.54 Å². The van der Waals surface area contributed by atoms with Crippen molar-refractivity contribution in [3.63, 3.8) is 0 Å². The molecule has 0 radical (unpaired) electrons. The Morgan fingerprint density at radius 2 is 1.80 bits per heavy atom. The topological polar surface area (TPSA) is 18.5 Å². The fourth-order valence-corrected chi connectivity index (χ4v) is 1.80. The maximum atomic E-state index is 3.39. The first-order chi connectivity index (χ1) is 7.00. The minimum Gasteiger partial charge on any atom is -0.314 e. The zero-order valence-corrected chi connectivity index (χ0v) is 10.8. The molecular weight excluding hydrogens is 186 g/mol. The SMILES string of the molecule is CN(CCCN1CCNCC1)C(C)(C)C. The third-order valence-corrected chi connectivity index (χ3v) is 3.32. The molecule has 0 saturated carbocycles. The molecule has 1 aliphatic rings. The van der Waals surface area contributed by atoms with Crippen molar-refractivity contribution in [2.45, 2.75) is 32.7 Å². The largest absolute Gasteiger partial charge is 0.314 e. The average Bonchev–Trinajstić information content (AvgIpc) is 2.18. The second-order valence-electron chi connectivity index (χ2n) is 5.54. The maximum absolute atomic E-state index is 3.39. The molecule has 0 bridgehead atoms. The predicted molar refractivity (Wildman–Crippen MR) is 66.3 cm³/mol. The van der Waals surface area contributed by atoms with Crippen LogP contribution in [-0.2, 0) is 0 Å². The third kappa shape index (κ3) is 4.96. The third-order valence-electron chi connectivity index (χ3n) is 3.32. The molecule has 1 saturated heterocycles. The summed E-state index contributed by atoms with van der Waals surface area (Å²) in [6, 6.07) is 0. The fourth-order valence-electron chi connectivity index (χ4n) is 1.80. The van der Waals surface area contributed by atoms with Gasteiger partial charge in [0.25, 0.3) is 0 Å². The van der Waals surface area contributed by atoms with Gasteiger partial charge in [-0.3, -0.25) is 0 Å². The van der Waals surface area contributed by atoms with Crippen molar-refractivity contribution >= 4 is 0 Å². The highest BCUT2D eigenvalue weighted by Crippen LogP contribution is 2.10. The van der Waals surface area contributed by atoms with Crippen molar-refractivity contribution in [3.8, 4) is 0 Å². The number of nitrogens with one attached hydrogen (secondary N) is 1. The number of hydrogen-bond donors (Lipinski definition) is 1. The average molecular weight is 213 g/mol. The zero-order chi connectivity index (χ0) is 11.3. The molecule has 1 N–H and O–H groups in total. The van der Waals surface area contributed by atoms with Gasteiger partial charge in [-0.2, -0.15) is 0 Å². The lowest BCUT2D eigenvalue weighted by Gasteiger charge is -2.33. The molecular formula is C12H27N3. The van der Waals surface area contributed by atoms with Crippen molar-refractivity contribution in [3.05, 3.63) is 0 Å². The van der Waals surface area contributed by atoms with Crippen LogP contribution >= 0.6 is 0 Å². The van der Waals surface area contributed by atoms with E-state index >= 15 is 0 Å². The van der Waals surface area contributed by atoms with Crippen molar-refractivity contribution in [1.82, 2.24) is 15.1 Å². The van der Waals surface area contributed by atoms with Gasteiger partial charge in [0.15, 0.2) is 0 Å². The molecule has 0 aromatic carbocycles. The van der Waals surface area contributed by atoms with Gasteiger partial charge in [-0.05, 0) is 47.3 Å². The van der Waals surface area contributed by atoms with E-state index in [1.807, 2.05) is 0 Å². The van der Waals surface area contributed by atoms with Crippen LogP contribution in [0.1, 0.15) is 27.2 Å². The van der Waals surface area contributed by atoms with E-state index in [-0.39, 0.29) is 0 Å². The second-order valence-corrected chi connectivity index (χ2v) is 5.54. The number of nitrogens with zero attached hydrogens (tertiary/aromatic N) is 2. The maximum Gasteiger partial charge on any atom is 0.0122 e. The molecule has 1 rings (SSSR count). The monoisotopic (exact) mass is 213 g/mol. The van der Waals surface area contributed by atoms with Gasteiger partial charge < -0.3 is 15.1 Å². The molecule has 0 amide bonds. The summed E-state index contributed by atoms with van der Waals surface area (Å²) in [5.41, 5.74) is 0.309. The first kappa shape index (κ1) is 12.9. The molecule has 0 atom stereocenters. The van der Waals surface area contributed by atoms with Crippen LogP contribution in [0.15, 0.2) is 0 Å². The second kappa shape index (κ2) is 5.83. The van der Waals surface area contributed by atoms with E-state index in [4.69, 9.17) is 0 Å². The molecule has 1 aliphatic heterocycles. The van der Waals surface area contributed by atoms with E-state index in [9.17, 15) is 0 Å². The molecule has 1 heterocycles. The molecule has 1 fully saturated rings. The Bertz CT molecular complexity index is 168. The molecule has 0 spiro atoms. The summed E-state index contributed by atoms with van der Waals surface area (Å²) in [5.74, 6) is 0. The van der Waals surface area contributed by atoms with E-state index in [0.717, 1.165) is 13.1 Å². The van der Waals surface area contributed by atoms with Crippen LogP contribution < -0.4 is 5.32 Å². The summed E-state index contributed by atoms with van der Waals surface area (Å²) in [6.07, 6.45) is 1.29. The predicted octanol–water partition coefficient (Wildman–Crippen LogP) is 1.01. The Labute approximate surface area is 94.8 Å². The summed E-state index contributed by atoms with van der Waals surface area (Å²) < 4.78 is 0. The lowest BCUT2D eigenvalue weighted by molar-refractivity contribution is 0.158. The molecule has 90 valence electrons. The lowest BCUT2D eigenvalue weighted by atomic mass is 10.1. The molecule has 0 unspecified atom stereocenters. The highest BCUT2D eigenvalue weighted by atomic mass is 15.2. The zero-order valence-electron chi connectivity index (χ0n) is 10.8.